The lowest BCUT2D eigenvalue weighted by molar-refractivity contribution is 0.486. The van der Waals surface area contributed by atoms with Crippen LogP contribution in [0.15, 0.2) is 0 Å². The average Bonchev–Trinajstić information content (AvgIpc) is 2.61. The van der Waals surface area contributed by atoms with Crippen LogP contribution in [0.1, 0.15) is 25.7 Å². The van der Waals surface area contributed by atoms with Gasteiger partial charge in [0.15, 0.2) is 5.82 Å². The molecule has 1 aromatic heterocycles. The van der Waals surface area contributed by atoms with Gasteiger partial charge in [0.25, 0.3) is 0 Å². The molecule has 0 spiro atoms. The highest BCUT2D eigenvalue weighted by molar-refractivity contribution is 7.84. The van der Waals surface area contributed by atoms with Gasteiger partial charge < -0.3 is 5.32 Å². The highest BCUT2D eigenvalue weighted by Crippen LogP contribution is 2.06. The summed E-state index contributed by atoms with van der Waals surface area (Å²) in [5.74, 6) is 1.36. The van der Waals surface area contributed by atoms with Crippen LogP contribution in [-0.4, -0.2) is 43.0 Å². The number of hydrogen-bond donors (Lipinski definition) is 1. The Hall–Kier alpha value is -0.820. The second-order valence-corrected chi connectivity index (χ2v) is 4.89. The summed E-state index contributed by atoms with van der Waals surface area (Å²) in [6.07, 6.45) is 1.69. The van der Waals surface area contributed by atoms with Crippen LogP contribution in [-0.2, 0) is 17.3 Å². The molecule has 0 amide bonds. The molecule has 15 heavy (non-hydrogen) atoms. The van der Waals surface area contributed by atoms with Crippen LogP contribution >= 0.6 is 0 Å². The zero-order chi connectivity index (χ0) is 11.3. The van der Waals surface area contributed by atoms with E-state index in [1.807, 2.05) is 13.8 Å². The first-order valence-electron chi connectivity index (χ1n) is 4.92. The molecule has 0 aromatic carbocycles. The molecule has 86 valence electrons. The lowest BCUT2D eigenvalue weighted by Gasteiger charge is -2.11. The van der Waals surface area contributed by atoms with Crippen molar-refractivity contribution in [2.75, 3.05) is 18.6 Å². The number of hydrogen-bond acceptors (Lipinski definition) is 5. The molecule has 0 saturated carbocycles. The molecule has 6 nitrogen and oxygen atoms in total. The third kappa shape index (κ3) is 3.67. The van der Waals surface area contributed by atoms with Gasteiger partial charge in [-0.2, -0.15) is 0 Å². The van der Waals surface area contributed by atoms with Gasteiger partial charge in [-0.25, -0.2) is 4.68 Å². The van der Waals surface area contributed by atoms with E-state index in [0.717, 1.165) is 12.4 Å². The van der Waals surface area contributed by atoms with Gasteiger partial charge in [0, 0.05) is 22.8 Å². The molecule has 0 aliphatic heterocycles. The van der Waals surface area contributed by atoms with Gasteiger partial charge in [-0.15, -0.1) is 5.10 Å². The van der Waals surface area contributed by atoms with Gasteiger partial charge in [-0.3, -0.25) is 4.21 Å². The predicted molar refractivity (Wildman–Crippen MR) is 58.8 cm³/mol. The summed E-state index contributed by atoms with van der Waals surface area (Å²) in [6.45, 7) is 5.51. The zero-order valence-corrected chi connectivity index (χ0v) is 10.1. The van der Waals surface area contributed by atoms with Gasteiger partial charge in [-0.05, 0) is 23.9 Å². The predicted octanol–water partition coefficient (Wildman–Crippen LogP) is -0.278. The number of nitrogens with one attached hydrogen (secondary N) is 1. The lowest BCUT2D eigenvalue weighted by Crippen LogP contribution is -2.21. The number of rotatable bonds is 6. The summed E-state index contributed by atoms with van der Waals surface area (Å²) in [5, 5.41) is 14.6. The first-order chi connectivity index (χ1) is 7.15. The van der Waals surface area contributed by atoms with Gasteiger partial charge in [-0.1, -0.05) is 6.92 Å². The van der Waals surface area contributed by atoms with Crippen molar-refractivity contribution < 1.29 is 4.21 Å². The molecule has 0 bridgehead atoms. The largest absolute Gasteiger partial charge is 0.310 e. The summed E-state index contributed by atoms with van der Waals surface area (Å²) < 4.78 is 12.8. The highest BCUT2D eigenvalue weighted by Gasteiger charge is 2.13. The molecule has 0 fully saturated rings. The fourth-order valence-electron chi connectivity index (χ4n) is 1.32. The summed E-state index contributed by atoms with van der Waals surface area (Å²) in [4.78, 5) is 0. The molecule has 0 aliphatic rings. The van der Waals surface area contributed by atoms with Gasteiger partial charge in [0.05, 0.1) is 12.6 Å². The second-order valence-electron chi connectivity index (χ2n) is 3.41. The summed E-state index contributed by atoms with van der Waals surface area (Å²) in [6, 6.07) is 0.0690. The number of nitrogens with zero attached hydrogens (tertiary/aromatic N) is 4. The van der Waals surface area contributed by atoms with Crippen molar-refractivity contribution in [2.45, 2.75) is 26.4 Å². The Morgan fingerprint density at radius 2 is 2.33 bits per heavy atom. The van der Waals surface area contributed by atoms with E-state index in [1.54, 1.807) is 10.9 Å². The Balaban J connectivity index is 2.66. The molecule has 1 rings (SSSR count). The van der Waals surface area contributed by atoms with E-state index in [9.17, 15) is 4.21 Å². The van der Waals surface area contributed by atoms with Gasteiger partial charge in [0.1, 0.15) is 0 Å². The van der Waals surface area contributed by atoms with Crippen molar-refractivity contribution in [1.82, 2.24) is 25.5 Å². The number of tetrazole rings is 1. The molecule has 2 unspecified atom stereocenters. The van der Waals surface area contributed by atoms with Crippen molar-refractivity contribution in [3.05, 3.63) is 5.82 Å². The van der Waals surface area contributed by atoms with Crippen LogP contribution in [0.25, 0.3) is 0 Å². The Morgan fingerprint density at radius 3 is 2.93 bits per heavy atom. The minimum absolute atomic E-state index is 0.0690. The Bertz CT molecular complexity index is 327. The van der Waals surface area contributed by atoms with E-state index < -0.39 is 10.8 Å². The topological polar surface area (TPSA) is 72.7 Å². The summed E-state index contributed by atoms with van der Waals surface area (Å²) in [7, 11) is -0.831. The van der Waals surface area contributed by atoms with Crippen LogP contribution in [0.4, 0.5) is 0 Å². The minimum Gasteiger partial charge on any atom is -0.310 e. The van der Waals surface area contributed by atoms with Gasteiger partial charge >= 0.3 is 0 Å². The van der Waals surface area contributed by atoms with E-state index in [2.05, 4.69) is 20.8 Å². The number of aromatic nitrogens is 4. The molecule has 0 saturated heterocycles. The van der Waals surface area contributed by atoms with Crippen molar-refractivity contribution in [2.24, 2.45) is 0 Å². The Morgan fingerprint density at radius 1 is 1.60 bits per heavy atom. The van der Waals surface area contributed by atoms with Crippen LogP contribution < -0.4 is 5.32 Å². The van der Waals surface area contributed by atoms with Crippen LogP contribution in [0.3, 0.4) is 0 Å². The molecule has 0 aliphatic carbocycles. The van der Waals surface area contributed by atoms with E-state index in [-0.39, 0.29) is 6.04 Å². The van der Waals surface area contributed by atoms with Crippen LogP contribution in [0.2, 0.25) is 0 Å². The van der Waals surface area contributed by atoms with Crippen molar-refractivity contribution in [3.63, 3.8) is 0 Å². The van der Waals surface area contributed by atoms with Crippen LogP contribution in [0, 0.1) is 0 Å². The van der Waals surface area contributed by atoms with E-state index >= 15 is 0 Å². The maximum atomic E-state index is 11.1. The maximum Gasteiger partial charge on any atom is 0.165 e. The molecule has 1 aromatic rings. The second kappa shape index (κ2) is 5.92. The van der Waals surface area contributed by atoms with Crippen molar-refractivity contribution >= 4 is 10.8 Å². The molecule has 0 radical (unpaired) electrons. The van der Waals surface area contributed by atoms with E-state index in [4.69, 9.17) is 0 Å². The maximum absolute atomic E-state index is 11.1. The van der Waals surface area contributed by atoms with E-state index in [0.29, 0.717) is 12.3 Å². The summed E-state index contributed by atoms with van der Waals surface area (Å²) in [5.41, 5.74) is 0. The minimum atomic E-state index is -0.831. The SMILES string of the molecule is CCNCc1nnnn1C(C)CS(C)=O. The molecule has 2 atom stereocenters. The van der Waals surface area contributed by atoms with Crippen molar-refractivity contribution in [1.29, 1.82) is 0 Å². The summed E-state index contributed by atoms with van der Waals surface area (Å²) >= 11 is 0. The third-order valence-electron chi connectivity index (χ3n) is 1.99. The standard InChI is InChI=1S/C8H17N5OS/c1-4-9-5-8-10-11-12-13(8)7(2)6-15(3)14/h7,9H,4-6H2,1-3H3. The molecule has 1 heterocycles. The third-order valence-corrected chi connectivity index (χ3v) is 2.94. The normalized spacial score (nSPS) is 15.1. The first kappa shape index (κ1) is 12.3. The highest BCUT2D eigenvalue weighted by atomic mass is 32.2. The molecular formula is C8H17N5OS. The molecule has 1 N–H and O–H groups in total. The van der Waals surface area contributed by atoms with Crippen molar-refractivity contribution in [3.8, 4) is 0 Å². The Kier molecular flexibility index (Phi) is 4.83. The van der Waals surface area contributed by atoms with E-state index in [1.165, 1.54) is 0 Å². The monoisotopic (exact) mass is 231 g/mol. The first-order valence-corrected chi connectivity index (χ1v) is 6.65. The van der Waals surface area contributed by atoms with Crippen LogP contribution in [0.5, 0.6) is 0 Å². The lowest BCUT2D eigenvalue weighted by atomic mass is 10.4. The zero-order valence-electron chi connectivity index (χ0n) is 9.30. The van der Waals surface area contributed by atoms with Gasteiger partial charge in [0.2, 0.25) is 0 Å². The molecular weight excluding hydrogens is 214 g/mol. The Labute approximate surface area is 91.9 Å². The fourth-order valence-corrected chi connectivity index (χ4v) is 2.14. The average molecular weight is 231 g/mol. The smallest absolute Gasteiger partial charge is 0.165 e. The fraction of sp³-hybridized carbons (Fsp3) is 0.875. The quantitative estimate of drug-likeness (QED) is 0.729. The molecule has 7 heteroatoms.